The summed E-state index contributed by atoms with van der Waals surface area (Å²) in [5.41, 5.74) is 2.94. The Labute approximate surface area is 149 Å². The first-order chi connectivity index (χ1) is 11.9. The first-order valence-corrected chi connectivity index (χ1v) is 8.22. The van der Waals surface area contributed by atoms with Gasteiger partial charge in [-0.25, -0.2) is 13.8 Å². The van der Waals surface area contributed by atoms with E-state index in [0.717, 1.165) is 16.7 Å². The minimum absolute atomic E-state index is 0.0949. The summed E-state index contributed by atoms with van der Waals surface area (Å²) >= 11 is 6.09. The highest BCUT2D eigenvalue weighted by molar-refractivity contribution is 6.30. The third kappa shape index (κ3) is 3.44. The van der Waals surface area contributed by atoms with Crippen molar-refractivity contribution in [3.05, 3.63) is 57.9 Å². The number of carbonyl (C=O) groups excluding carboxylic acids is 1. The molecule has 1 atom stereocenters. The number of halogens is 3. The molecule has 1 aromatic carbocycles. The average molecular weight is 367 g/mol. The third-order valence-electron chi connectivity index (χ3n) is 4.34. The second-order valence-corrected chi connectivity index (χ2v) is 6.32. The molecule has 0 fully saturated rings. The van der Waals surface area contributed by atoms with E-state index in [1.165, 1.54) is 6.20 Å². The van der Waals surface area contributed by atoms with Crippen molar-refractivity contribution in [2.45, 2.75) is 32.9 Å². The van der Waals surface area contributed by atoms with Crippen LogP contribution in [0.4, 0.5) is 8.78 Å². The minimum atomic E-state index is -2.52. The summed E-state index contributed by atoms with van der Waals surface area (Å²) in [6, 6.07) is 6.77. The summed E-state index contributed by atoms with van der Waals surface area (Å²) in [6.45, 7) is 3.46. The minimum Gasteiger partial charge on any atom is -0.487 e. The molecule has 1 unspecified atom stereocenters. The molecule has 1 aromatic heterocycles. The summed E-state index contributed by atoms with van der Waals surface area (Å²) in [6.07, 6.45) is -0.996. The van der Waals surface area contributed by atoms with E-state index in [1.807, 2.05) is 13.0 Å². The number of hydrogen-bond donors (Lipinski definition) is 0. The van der Waals surface area contributed by atoms with Crippen molar-refractivity contribution in [1.29, 1.82) is 0 Å². The zero-order chi connectivity index (χ0) is 18.1. The summed E-state index contributed by atoms with van der Waals surface area (Å²) < 4.78 is 29.7. The molecule has 0 bridgehead atoms. The Kier molecular flexibility index (Phi) is 4.90. The van der Waals surface area contributed by atoms with E-state index < -0.39 is 13.0 Å². The molecule has 4 nitrogen and oxygen atoms in total. The Bertz CT molecular complexity index is 814. The average Bonchev–Trinajstić information content (AvgIpc) is 2.91. The second kappa shape index (κ2) is 6.96. The number of aryl methyl sites for hydroxylation is 1. The molecule has 3 rings (SSSR count). The maximum Gasteiger partial charge on any atom is 0.272 e. The van der Waals surface area contributed by atoms with Gasteiger partial charge in [0.1, 0.15) is 17.5 Å². The molecule has 1 aliphatic heterocycles. The van der Waals surface area contributed by atoms with E-state index in [-0.39, 0.29) is 11.9 Å². The summed E-state index contributed by atoms with van der Waals surface area (Å²) in [5, 5.41) is 0.340. The fourth-order valence-corrected chi connectivity index (χ4v) is 3.17. The lowest BCUT2D eigenvalue weighted by Crippen LogP contribution is -2.27. The highest BCUT2D eigenvalue weighted by Gasteiger charge is 2.33. The van der Waals surface area contributed by atoms with Gasteiger partial charge in [0.25, 0.3) is 12.3 Å². The van der Waals surface area contributed by atoms with Crippen LogP contribution in [0.2, 0.25) is 5.15 Å². The number of fused-ring (bicyclic) bond motifs is 1. The van der Waals surface area contributed by atoms with E-state index >= 15 is 0 Å². The van der Waals surface area contributed by atoms with Crippen LogP contribution in [0, 0.1) is 6.92 Å². The van der Waals surface area contributed by atoms with E-state index in [9.17, 15) is 13.6 Å². The van der Waals surface area contributed by atoms with Gasteiger partial charge in [0.15, 0.2) is 0 Å². The number of ether oxygens (including phenoxy) is 1. The number of alkyl halides is 2. The number of amides is 1. The van der Waals surface area contributed by atoms with Crippen LogP contribution in [0.5, 0.6) is 5.75 Å². The largest absolute Gasteiger partial charge is 0.487 e. The van der Waals surface area contributed by atoms with Crippen LogP contribution in [-0.4, -0.2) is 28.8 Å². The fraction of sp³-hybridized carbons (Fsp3) is 0.333. The molecule has 0 aliphatic carbocycles. The summed E-state index contributed by atoms with van der Waals surface area (Å²) in [4.78, 5) is 18.4. The molecule has 0 saturated carbocycles. The predicted octanol–water partition coefficient (Wildman–Crippen LogP) is 4.40. The standard InChI is InChI=1S/C18H17ClF2N2O2/c1-10-7-12(3-4-15(10)25-9-16(20)21)11(2)23-8-14-13(18(23)24)5-6-22-17(14)19/h3-7,11,16H,8-9H2,1-2H3. The van der Waals surface area contributed by atoms with E-state index in [2.05, 4.69) is 4.98 Å². The number of nitrogens with zero attached hydrogens (tertiary/aromatic N) is 2. The van der Waals surface area contributed by atoms with Crippen molar-refractivity contribution in [1.82, 2.24) is 9.88 Å². The zero-order valence-electron chi connectivity index (χ0n) is 13.8. The van der Waals surface area contributed by atoms with Crippen molar-refractivity contribution in [3.63, 3.8) is 0 Å². The molecule has 0 radical (unpaired) electrons. The molecule has 2 aromatic rings. The molecule has 1 aliphatic rings. The van der Waals surface area contributed by atoms with E-state index in [0.29, 0.717) is 23.0 Å². The second-order valence-electron chi connectivity index (χ2n) is 5.96. The maximum absolute atomic E-state index is 12.6. The van der Waals surface area contributed by atoms with Gasteiger partial charge < -0.3 is 9.64 Å². The zero-order valence-corrected chi connectivity index (χ0v) is 14.6. The fourth-order valence-electron chi connectivity index (χ4n) is 2.95. The molecular weight excluding hydrogens is 350 g/mol. The number of rotatable bonds is 5. The molecule has 25 heavy (non-hydrogen) atoms. The molecule has 1 amide bonds. The molecule has 0 spiro atoms. The van der Waals surface area contributed by atoms with E-state index in [4.69, 9.17) is 16.3 Å². The maximum atomic E-state index is 12.6. The first kappa shape index (κ1) is 17.6. The monoisotopic (exact) mass is 366 g/mol. The number of carbonyl (C=O) groups is 1. The Morgan fingerprint density at radius 1 is 1.36 bits per heavy atom. The number of pyridine rings is 1. The number of benzene rings is 1. The summed E-state index contributed by atoms with van der Waals surface area (Å²) in [5.74, 6) is 0.321. The van der Waals surface area contributed by atoms with Crippen LogP contribution in [0.25, 0.3) is 0 Å². The predicted molar refractivity (Wildman–Crippen MR) is 90.2 cm³/mol. The SMILES string of the molecule is Cc1cc(C(C)N2Cc3c(ccnc3Cl)C2=O)ccc1OCC(F)F. The van der Waals surface area contributed by atoms with Crippen molar-refractivity contribution < 1.29 is 18.3 Å². The van der Waals surface area contributed by atoms with Gasteiger partial charge in [0, 0.05) is 17.3 Å². The molecule has 132 valence electrons. The first-order valence-electron chi connectivity index (χ1n) is 7.84. The van der Waals surface area contributed by atoms with Gasteiger partial charge in [0.05, 0.1) is 12.6 Å². The van der Waals surface area contributed by atoms with Crippen LogP contribution in [-0.2, 0) is 6.54 Å². The highest BCUT2D eigenvalue weighted by atomic mass is 35.5. The Balaban J connectivity index is 1.80. The van der Waals surface area contributed by atoms with Crippen LogP contribution in [0.1, 0.15) is 40.0 Å². The molecule has 2 heterocycles. The van der Waals surface area contributed by atoms with Gasteiger partial charge in [-0.05, 0) is 37.1 Å². The van der Waals surface area contributed by atoms with Gasteiger partial charge in [-0.15, -0.1) is 0 Å². The number of aromatic nitrogens is 1. The Hall–Kier alpha value is -2.21. The third-order valence-corrected chi connectivity index (χ3v) is 4.66. The normalized spacial score (nSPS) is 14.8. The van der Waals surface area contributed by atoms with Crippen LogP contribution < -0.4 is 4.74 Å². The van der Waals surface area contributed by atoms with Gasteiger partial charge in [-0.2, -0.15) is 0 Å². The Morgan fingerprint density at radius 2 is 2.12 bits per heavy atom. The van der Waals surface area contributed by atoms with Crippen LogP contribution in [0.3, 0.4) is 0 Å². The van der Waals surface area contributed by atoms with Crippen LogP contribution in [0.15, 0.2) is 30.5 Å². The van der Waals surface area contributed by atoms with Gasteiger partial charge in [-0.3, -0.25) is 4.79 Å². The number of hydrogen-bond acceptors (Lipinski definition) is 3. The van der Waals surface area contributed by atoms with Crippen molar-refractivity contribution in [2.24, 2.45) is 0 Å². The van der Waals surface area contributed by atoms with Crippen LogP contribution >= 0.6 is 11.6 Å². The van der Waals surface area contributed by atoms with Crippen molar-refractivity contribution >= 4 is 17.5 Å². The smallest absolute Gasteiger partial charge is 0.272 e. The Morgan fingerprint density at radius 3 is 2.76 bits per heavy atom. The molecular formula is C18H17ClF2N2O2. The molecule has 0 N–H and O–H groups in total. The highest BCUT2D eigenvalue weighted by Crippen LogP contribution is 2.34. The molecule has 7 heteroatoms. The van der Waals surface area contributed by atoms with Gasteiger partial charge in [-0.1, -0.05) is 23.7 Å². The quantitative estimate of drug-likeness (QED) is 0.736. The summed E-state index contributed by atoms with van der Waals surface area (Å²) in [7, 11) is 0. The molecule has 0 saturated heterocycles. The van der Waals surface area contributed by atoms with Crippen molar-refractivity contribution in [2.75, 3.05) is 6.61 Å². The lowest BCUT2D eigenvalue weighted by atomic mass is 10.0. The lowest BCUT2D eigenvalue weighted by molar-refractivity contribution is 0.0714. The van der Waals surface area contributed by atoms with Crippen molar-refractivity contribution in [3.8, 4) is 5.75 Å². The topological polar surface area (TPSA) is 42.4 Å². The van der Waals surface area contributed by atoms with Gasteiger partial charge >= 0.3 is 0 Å². The van der Waals surface area contributed by atoms with E-state index in [1.54, 1.807) is 30.0 Å². The lowest BCUT2D eigenvalue weighted by Gasteiger charge is -2.25. The van der Waals surface area contributed by atoms with Gasteiger partial charge in [0.2, 0.25) is 0 Å².